The second kappa shape index (κ2) is 7.82. The van der Waals surface area contributed by atoms with E-state index in [1.807, 2.05) is 13.0 Å². The van der Waals surface area contributed by atoms with Gasteiger partial charge in [-0.1, -0.05) is 25.5 Å². The second-order valence-electron chi connectivity index (χ2n) is 4.49. The highest BCUT2D eigenvalue weighted by molar-refractivity contribution is 5.78. The van der Waals surface area contributed by atoms with Crippen LogP contribution in [0.15, 0.2) is 24.3 Å². The summed E-state index contributed by atoms with van der Waals surface area (Å²) in [5.74, 6) is -0.275. The summed E-state index contributed by atoms with van der Waals surface area (Å²) in [7, 11) is 0. The van der Waals surface area contributed by atoms with Gasteiger partial charge in [-0.25, -0.2) is 4.39 Å². The predicted octanol–water partition coefficient (Wildman–Crippen LogP) is 2.22. The van der Waals surface area contributed by atoms with Gasteiger partial charge in [0, 0.05) is 12.6 Å². The van der Waals surface area contributed by atoms with Crippen molar-refractivity contribution in [2.75, 3.05) is 6.54 Å². The Kier molecular flexibility index (Phi) is 6.36. The zero-order valence-electron chi connectivity index (χ0n) is 11.0. The fourth-order valence-electron chi connectivity index (χ4n) is 1.80. The maximum absolute atomic E-state index is 12.9. The molecule has 4 heteroatoms. The largest absolute Gasteiger partial charge is 0.353 e. The van der Waals surface area contributed by atoms with Crippen molar-refractivity contribution in [1.29, 1.82) is 0 Å². The molecule has 0 heterocycles. The molecule has 100 valence electrons. The van der Waals surface area contributed by atoms with Crippen molar-refractivity contribution in [3.63, 3.8) is 0 Å². The Morgan fingerprint density at radius 2 is 2.22 bits per heavy atom. The lowest BCUT2D eigenvalue weighted by Gasteiger charge is -2.13. The van der Waals surface area contributed by atoms with Gasteiger partial charge >= 0.3 is 0 Å². The van der Waals surface area contributed by atoms with Crippen LogP contribution in [0.2, 0.25) is 0 Å². The molecular formula is C14H21FN2O. The van der Waals surface area contributed by atoms with Crippen molar-refractivity contribution < 1.29 is 9.18 Å². The predicted molar refractivity (Wildman–Crippen MR) is 70.6 cm³/mol. The van der Waals surface area contributed by atoms with Crippen molar-refractivity contribution in [2.24, 2.45) is 0 Å². The van der Waals surface area contributed by atoms with E-state index >= 15 is 0 Å². The Morgan fingerprint density at radius 3 is 2.89 bits per heavy atom. The topological polar surface area (TPSA) is 41.1 Å². The van der Waals surface area contributed by atoms with Gasteiger partial charge in [-0.2, -0.15) is 0 Å². The summed E-state index contributed by atoms with van der Waals surface area (Å²) in [5, 5.41) is 5.90. The van der Waals surface area contributed by atoms with Gasteiger partial charge in [-0.05, 0) is 31.0 Å². The number of hydrogen-bond donors (Lipinski definition) is 2. The Morgan fingerprint density at radius 1 is 1.44 bits per heavy atom. The van der Waals surface area contributed by atoms with Gasteiger partial charge in [0.05, 0.1) is 6.54 Å². The van der Waals surface area contributed by atoms with Crippen LogP contribution < -0.4 is 10.6 Å². The highest BCUT2D eigenvalue weighted by Gasteiger charge is 2.05. The number of rotatable bonds is 7. The summed E-state index contributed by atoms with van der Waals surface area (Å²) in [4.78, 5) is 11.5. The third kappa shape index (κ3) is 5.77. The number of carbonyl (C=O) groups is 1. The Hall–Kier alpha value is -1.42. The number of nitrogens with one attached hydrogen (secondary N) is 2. The SMILES string of the molecule is CCCC(C)NC(=O)CNCc1cccc(F)c1. The summed E-state index contributed by atoms with van der Waals surface area (Å²) in [6.07, 6.45) is 2.04. The van der Waals surface area contributed by atoms with Gasteiger partial charge in [0.25, 0.3) is 0 Å². The van der Waals surface area contributed by atoms with Crippen molar-refractivity contribution in [2.45, 2.75) is 39.3 Å². The van der Waals surface area contributed by atoms with Gasteiger partial charge in [-0.15, -0.1) is 0 Å². The summed E-state index contributed by atoms with van der Waals surface area (Å²) in [5.41, 5.74) is 0.837. The standard InChI is InChI=1S/C14H21FN2O/c1-3-5-11(2)17-14(18)10-16-9-12-6-4-7-13(15)8-12/h4,6-8,11,16H,3,5,9-10H2,1-2H3,(H,17,18). The molecule has 18 heavy (non-hydrogen) atoms. The van der Waals surface area contributed by atoms with Crippen LogP contribution in [-0.4, -0.2) is 18.5 Å². The number of hydrogen-bond acceptors (Lipinski definition) is 2. The Labute approximate surface area is 108 Å². The molecule has 2 N–H and O–H groups in total. The van der Waals surface area contributed by atoms with E-state index in [-0.39, 0.29) is 24.3 Å². The minimum atomic E-state index is -0.254. The minimum Gasteiger partial charge on any atom is -0.353 e. The van der Waals surface area contributed by atoms with Crippen molar-refractivity contribution >= 4 is 5.91 Å². The summed E-state index contributed by atoms with van der Waals surface area (Å²) in [6, 6.07) is 6.56. The Balaban J connectivity index is 2.23. The van der Waals surface area contributed by atoms with E-state index in [1.54, 1.807) is 6.07 Å². The molecular weight excluding hydrogens is 231 g/mol. The summed E-state index contributed by atoms with van der Waals surface area (Å²) < 4.78 is 12.9. The number of carbonyl (C=O) groups excluding carboxylic acids is 1. The first kappa shape index (κ1) is 14.6. The molecule has 0 aliphatic heterocycles. The van der Waals surface area contributed by atoms with E-state index in [0.717, 1.165) is 18.4 Å². The zero-order valence-corrected chi connectivity index (χ0v) is 11.0. The molecule has 0 fully saturated rings. The van der Waals surface area contributed by atoms with Crippen LogP contribution in [0.25, 0.3) is 0 Å². The van der Waals surface area contributed by atoms with Crippen LogP contribution in [0.3, 0.4) is 0 Å². The van der Waals surface area contributed by atoms with Crippen molar-refractivity contribution in [3.8, 4) is 0 Å². The maximum Gasteiger partial charge on any atom is 0.234 e. The zero-order chi connectivity index (χ0) is 13.4. The number of amides is 1. The van der Waals surface area contributed by atoms with Crippen LogP contribution in [0, 0.1) is 5.82 Å². The van der Waals surface area contributed by atoms with Crippen LogP contribution in [-0.2, 0) is 11.3 Å². The smallest absolute Gasteiger partial charge is 0.234 e. The minimum absolute atomic E-state index is 0.0210. The molecule has 0 aliphatic carbocycles. The molecule has 1 atom stereocenters. The quantitative estimate of drug-likeness (QED) is 0.781. The molecule has 0 bridgehead atoms. The van der Waals surface area contributed by atoms with E-state index in [1.165, 1.54) is 12.1 Å². The molecule has 0 aliphatic rings. The lowest BCUT2D eigenvalue weighted by Crippen LogP contribution is -2.38. The lowest BCUT2D eigenvalue weighted by atomic mass is 10.2. The van der Waals surface area contributed by atoms with E-state index < -0.39 is 0 Å². The Bertz CT molecular complexity index is 382. The first-order valence-corrected chi connectivity index (χ1v) is 6.36. The first-order valence-electron chi connectivity index (χ1n) is 6.36. The van der Waals surface area contributed by atoms with Crippen LogP contribution in [0.1, 0.15) is 32.3 Å². The lowest BCUT2D eigenvalue weighted by molar-refractivity contribution is -0.120. The van der Waals surface area contributed by atoms with Gasteiger partial charge < -0.3 is 10.6 Å². The fourth-order valence-corrected chi connectivity index (χ4v) is 1.80. The molecule has 0 spiro atoms. The maximum atomic E-state index is 12.9. The van der Waals surface area contributed by atoms with Crippen LogP contribution in [0.5, 0.6) is 0 Å². The highest BCUT2D eigenvalue weighted by atomic mass is 19.1. The number of halogens is 1. The third-order valence-electron chi connectivity index (χ3n) is 2.63. The van der Waals surface area contributed by atoms with Gasteiger partial charge in [-0.3, -0.25) is 4.79 Å². The molecule has 1 unspecified atom stereocenters. The van der Waals surface area contributed by atoms with Gasteiger partial charge in [0.15, 0.2) is 0 Å². The second-order valence-corrected chi connectivity index (χ2v) is 4.49. The first-order chi connectivity index (χ1) is 8.61. The summed E-state index contributed by atoms with van der Waals surface area (Å²) >= 11 is 0. The highest BCUT2D eigenvalue weighted by Crippen LogP contribution is 2.02. The monoisotopic (exact) mass is 252 g/mol. The average molecular weight is 252 g/mol. The molecule has 3 nitrogen and oxygen atoms in total. The molecule has 0 saturated heterocycles. The van der Waals surface area contributed by atoms with Crippen LogP contribution in [0.4, 0.5) is 4.39 Å². The fraction of sp³-hybridized carbons (Fsp3) is 0.500. The van der Waals surface area contributed by atoms with Gasteiger partial charge in [0.1, 0.15) is 5.82 Å². The van der Waals surface area contributed by atoms with Gasteiger partial charge in [0.2, 0.25) is 5.91 Å². The normalized spacial score (nSPS) is 12.2. The molecule has 1 amide bonds. The summed E-state index contributed by atoms with van der Waals surface area (Å²) in [6.45, 7) is 4.83. The van der Waals surface area contributed by atoms with E-state index in [4.69, 9.17) is 0 Å². The van der Waals surface area contributed by atoms with Crippen molar-refractivity contribution in [1.82, 2.24) is 10.6 Å². The van der Waals surface area contributed by atoms with Crippen LogP contribution >= 0.6 is 0 Å². The molecule has 1 aromatic rings. The number of benzene rings is 1. The molecule has 0 radical (unpaired) electrons. The van der Waals surface area contributed by atoms with E-state index in [9.17, 15) is 9.18 Å². The van der Waals surface area contributed by atoms with E-state index in [2.05, 4.69) is 17.6 Å². The molecule has 0 aromatic heterocycles. The molecule has 1 rings (SSSR count). The molecule has 1 aromatic carbocycles. The van der Waals surface area contributed by atoms with Crippen molar-refractivity contribution in [3.05, 3.63) is 35.6 Å². The molecule has 0 saturated carbocycles. The third-order valence-corrected chi connectivity index (χ3v) is 2.63. The average Bonchev–Trinajstić information content (AvgIpc) is 2.29. The van der Waals surface area contributed by atoms with E-state index in [0.29, 0.717) is 6.54 Å².